The summed E-state index contributed by atoms with van der Waals surface area (Å²) in [7, 11) is 0. The quantitative estimate of drug-likeness (QED) is 0.843. The number of nitrogens with zero attached hydrogens (tertiary/aromatic N) is 3. The van der Waals surface area contributed by atoms with Crippen LogP contribution in [0.4, 0.5) is 0 Å². The van der Waals surface area contributed by atoms with Gasteiger partial charge in [0.25, 0.3) is 0 Å². The van der Waals surface area contributed by atoms with E-state index in [1.807, 2.05) is 6.20 Å². The highest BCUT2D eigenvalue weighted by molar-refractivity contribution is 5.33. The normalized spacial score (nSPS) is 15.2. The van der Waals surface area contributed by atoms with Crippen molar-refractivity contribution in [2.45, 2.75) is 39.1 Å². The summed E-state index contributed by atoms with van der Waals surface area (Å²) >= 11 is 0. The highest BCUT2D eigenvalue weighted by atomic mass is 16.6. The van der Waals surface area contributed by atoms with E-state index in [1.165, 1.54) is 5.56 Å². The van der Waals surface area contributed by atoms with Crippen LogP contribution in [0, 0.1) is 0 Å². The van der Waals surface area contributed by atoms with E-state index in [4.69, 9.17) is 9.47 Å². The molecule has 0 radical (unpaired) electrons. The fourth-order valence-corrected chi connectivity index (χ4v) is 2.09. The van der Waals surface area contributed by atoms with E-state index >= 15 is 0 Å². The van der Waals surface area contributed by atoms with E-state index in [0.29, 0.717) is 25.9 Å². The maximum Gasteiger partial charge on any atom is 0.109 e. The first-order valence-corrected chi connectivity index (χ1v) is 7.64. The van der Waals surface area contributed by atoms with Gasteiger partial charge < -0.3 is 14.8 Å². The van der Waals surface area contributed by atoms with Crippen LogP contribution in [0.5, 0.6) is 0 Å². The van der Waals surface area contributed by atoms with E-state index in [2.05, 4.69) is 53.7 Å². The molecule has 118 valence electrons. The monoisotopic (exact) mass is 302 g/mol. The van der Waals surface area contributed by atoms with Gasteiger partial charge in [0.05, 0.1) is 31.7 Å². The maximum atomic E-state index is 5.64. The molecule has 0 aliphatic carbocycles. The zero-order valence-electron chi connectivity index (χ0n) is 13.0. The number of hydrogen-bond donors (Lipinski definition) is 1. The lowest BCUT2D eigenvalue weighted by molar-refractivity contribution is -0.135. The summed E-state index contributed by atoms with van der Waals surface area (Å²) in [6, 6.07) is 8.80. The van der Waals surface area contributed by atoms with Crippen LogP contribution in [0.15, 0.2) is 30.5 Å². The van der Waals surface area contributed by atoms with Gasteiger partial charge in [-0.25, -0.2) is 4.68 Å². The molecule has 1 fully saturated rings. The summed E-state index contributed by atoms with van der Waals surface area (Å²) in [4.78, 5) is 0. The second kappa shape index (κ2) is 7.00. The summed E-state index contributed by atoms with van der Waals surface area (Å²) in [5.74, 6) is 0. The molecule has 2 heterocycles. The Morgan fingerprint density at radius 1 is 1.32 bits per heavy atom. The molecule has 1 aliphatic rings. The molecule has 0 unspecified atom stereocenters. The molecule has 1 aromatic heterocycles. The first-order valence-electron chi connectivity index (χ1n) is 7.64. The molecule has 1 aromatic carbocycles. The topological polar surface area (TPSA) is 61.2 Å². The Hall–Kier alpha value is -1.76. The Morgan fingerprint density at radius 3 is 2.73 bits per heavy atom. The fraction of sp³-hybridized carbons (Fsp3) is 0.500. The fourth-order valence-electron chi connectivity index (χ4n) is 2.09. The van der Waals surface area contributed by atoms with Crippen LogP contribution in [0.3, 0.4) is 0 Å². The highest BCUT2D eigenvalue weighted by Gasteiger charge is 2.19. The number of nitrogens with one attached hydrogen (secondary N) is 1. The van der Waals surface area contributed by atoms with Gasteiger partial charge in [-0.05, 0) is 17.7 Å². The van der Waals surface area contributed by atoms with Gasteiger partial charge in [0, 0.05) is 12.6 Å². The van der Waals surface area contributed by atoms with Crippen LogP contribution in [-0.2, 0) is 22.6 Å². The molecule has 22 heavy (non-hydrogen) atoms. The van der Waals surface area contributed by atoms with Crippen LogP contribution >= 0.6 is 0 Å². The predicted octanol–water partition coefficient (Wildman–Crippen LogP) is 1.68. The van der Waals surface area contributed by atoms with Crippen LogP contribution in [0.25, 0.3) is 5.69 Å². The SMILES string of the molecule is CC(C)NCc1ccc(-n2cc(COC3COC3)nn2)cc1. The maximum absolute atomic E-state index is 5.64. The van der Waals surface area contributed by atoms with Gasteiger partial charge in [0.2, 0.25) is 0 Å². The van der Waals surface area contributed by atoms with Crippen molar-refractivity contribution in [1.29, 1.82) is 0 Å². The summed E-state index contributed by atoms with van der Waals surface area (Å²) < 4.78 is 12.5. The molecular formula is C16H22N4O2. The van der Waals surface area contributed by atoms with Gasteiger partial charge in [-0.15, -0.1) is 5.10 Å². The molecule has 1 saturated heterocycles. The first kappa shape index (κ1) is 15.1. The second-order valence-electron chi connectivity index (χ2n) is 5.83. The average molecular weight is 302 g/mol. The molecule has 0 spiro atoms. The van der Waals surface area contributed by atoms with E-state index in [9.17, 15) is 0 Å². The summed E-state index contributed by atoms with van der Waals surface area (Å²) in [6.45, 7) is 6.99. The Morgan fingerprint density at radius 2 is 2.09 bits per heavy atom. The van der Waals surface area contributed by atoms with Gasteiger partial charge in [-0.2, -0.15) is 0 Å². The smallest absolute Gasteiger partial charge is 0.109 e. The molecule has 3 rings (SSSR count). The van der Waals surface area contributed by atoms with Crippen LogP contribution in [0.1, 0.15) is 25.1 Å². The predicted molar refractivity (Wildman–Crippen MR) is 82.7 cm³/mol. The van der Waals surface area contributed by atoms with E-state index in [1.54, 1.807) is 4.68 Å². The summed E-state index contributed by atoms with van der Waals surface area (Å²) in [6.07, 6.45) is 2.11. The molecule has 2 aromatic rings. The van der Waals surface area contributed by atoms with Crippen molar-refractivity contribution in [2.24, 2.45) is 0 Å². The van der Waals surface area contributed by atoms with Crippen molar-refractivity contribution in [3.8, 4) is 5.69 Å². The lowest BCUT2D eigenvalue weighted by atomic mass is 10.2. The third-order valence-electron chi connectivity index (χ3n) is 3.53. The largest absolute Gasteiger partial charge is 0.376 e. The van der Waals surface area contributed by atoms with Crippen molar-refractivity contribution >= 4 is 0 Å². The lowest BCUT2D eigenvalue weighted by Gasteiger charge is -2.25. The Bertz CT molecular complexity index is 590. The number of hydrogen-bond acceptors (Lipinski definition) is 5. The second-order valence-corrected chi connectivity index (χ2v) is 5.83. The van der Waals surface area contributed by atoms with Crippen molar-refractivity contribution < 1.29 is 9.47 Å². The van der Waals surface area contributed by atoms with E-state index in [0.717, 1.165) is 17.9 Å². The summed E-state index contributed by atoms with van der Waals surface area (Å²) in [5, 5.41) is 11.7. The lowest BCUT2D eigenvalue weighted by Crippen LogP contribution is -2.35. The van der Waals surface area contributed by atoms with Crippen molar-refractivity contribution in [1.82, 2.24) is 20.3 Å². The van der Waals surface area contributed by atoms with Gasteiger partial charge in [0.15, 0.2) is 0 Å². The van der Waals surface area contributed by atoms with Crippen molar-refractivity contribution in [3.05, 3.63) is 41.7 Å². The van der Waals surface area contributed by atoms with Crippen LogP contribution < -0.4 is 5.32 Å². The Balaban J connectivity index is 1.57. The van der Waals surface area contributed by atoms with E-state index < -0.39 is 0 Å². The van der Waals surface area contributed by atoms with Crippen molar-refractivity contribution in [3.63, 3.8) is 0 Å². The first-order chi connectivity index (χ1) is 10.7. The Kier molecular flexibility index (Phi) is 4.82. The number of aromatic nitrogens is 3. The molecule has 0 saturated carbocycles. The number of ether oxygens (including phenoxy) is 2. The van der Waals surface area contributed by atoms with Gasteiger partial charge in [0.1, 0.15) is 11.8 Å². The minimum atomic E-state index is 0.206. The molecular weight excluding hydrogens is 280 g/mol. The molecule has 0 amide bonds. The zero-order chi connectivity index (χ0) is 15.4. The summed E-state index contributed by atoms with van der Waals surface area (Å²) in [5.41, 5.74) is 3.09. The molecule has 1 N–H and O–H groups in total. The molecule has 6 nitrogen and oxygen atoms in total. The number of rotatable bonds is 7. The highest BCUT2D eigenvalue weighted by Crippen LogP contribution is 2.11. The standard InChI is InChI=1S/C16H22N4O2/c1-12(2)17-7-13-3-5-15(6-4-13)20-8-14(18-19-20)9-22-16-10-21-11-16/h3-6,8,12,16-17H,7,9-11H2,1-2H3. The third kappa shape index (κ3) is 3.91. The minimum absolute atomic E-state index is 0.206. The molecule has 0 bridgehead atoms. The zero-order valence-corrected chi connectivity index (χ0v) is 13.0. The van der Waals surface area contributed by atoms with E-state index in [-0.39, 0.29) is 6.10 Å². The van der Waals surface area contributed by atoms with Gasteiger partial charge >= 0.3 is 0 Å². The van der Waals surface area contributed by atoms with Crippen LogP contribution in [0.2, 0.25) is 0 Å². The number of benzene rings is 1. The van der Waals surface area contributed by atoms with Gasteiger partial charge in [-0.3, -0.25) is 0 Å². The molecule has 1 aliphatic heterocycles. The molecule has 0 atom stereocenters. The van der Waals surface area contributed by atoms with Crippen molar-refractivity contribution in [2.75, 3.05) is 13.2 Å². The molecule has 6 heteroatoms. The van der Waals surface area contributed by atoms with Crippen LogP contribution in [-0.4, -0.2) is 40.4 Å². The average Bonchev–Trinajstić information content (AvgIpc) is 2.93. The van der Waals surface area contributed by atoms with Gasteiger partial charge in [-0.1, -0.05) is 31.2 Å². The Labute approximate surface area is 130 Å². The third-order valence-corrected chi connectivity index (χ3v) is 3.53. The minimum Gasteiger partial charge on any atom is -0.376 e.